The molecule has 0 saturated heterocycles. The minimum absolute atomic E-state index is 0.0761. The van der Waals surface area contributed by atoms with Gasteiger partial charge in [-0.3, -0.25) is 0 Å². The highest BCUT2D eigenvalue weighted by molar-refractivity contribution is 7.89. The molecule has 0 heterocycles. The summed E-state index contributed by atoms with van der Waals surface area (Å²) < 4.78 is 26.4. The lowest BCUT2D eigenvalue weighted by molar-refractivity contribution is 0.586. The monoisotopic (exact) mass is 314 g/mol. The lowest BCUT2D eigenvalue weighted by atomic mass is 10.2. The number of benzene rings is 2. The van der Waals surface area contributed by atoms with Crippen LogP contribution < -0.4 is 9.62 Å². The van der Waals surface area contributed by atoms with E-state index >= 15 is 0 Å². The molecule has 2 rings (SSSR count). The first-order chi connectivity index (χ1) is 10.5. The van der Waals surface area contributed by atoms with Gasteiger partial charge in [-0.25, -0.2) is 8.42 Å². The third-order valence-corrected chi connectivity index (χ3v) is 4.44. The lowest BCUT2D eigenvalue weighted by Gasteiger charge is -2.11. The molecule has 0 atom stereocenters. The Kier molecular flexibility index (Phi) is 5.21. The van der Waals surface area contributed by atoms with Crippen LogP contribution >= 0.6 is 0 Å². The van der Waals surface area contributed by atoms with Crippen LogP contribution in [-0.2, 0) is 10.0 Å². The van der Waals surface area contributed by atoms with Crippen molar-refractivity contribution in [2.45, 2.75) is 4.90 Å². The normalized spacial score (nSPS) is 10.6. The summed E-state index contributed by atoms with van der Waals surface area (Å²) in [5.41, 5.74) is 1.94. The highest BCUT2D eigenvalue weighted by atomic mass is 32.2. The van der Waals surface area contributed by atoms with Gasteiger partial charge in [0, 0.05) is 25.3 Å². The molecule has 4 nitrogen and oxygen atoms in total. The zero-order valence-electron chi connectivity index (χ0n) is 12.6. The van der Waals surface area contributed by atoms with Crippen LogP contribution in [0, 0.1) is 11.8 Å². The van der Waals surface area contributed by atoms with Crippen molar-refractivity contribution in [2.75, 3.05) is 25.5 Å². The maximum Gasteiger partial charge on any atom is 0.241 e. The molecule has 0 radical (unpaired) electrons. The summed E-state index contributed by atoms with van der Waals surface area (Å²) in [7, 11) is 0.451. The first-order valence-corrected chi connectivity index (χ1v) is 8.28. The van der Waals surface area contributed by atoms with Crippen molar-refractivity contribution in [1.29, 1.82) is 0 Å². The Labute approximate surface area is 131 Å². The predicted octanol–water partition coefficient (Wildman–Crippen LogP) is 2.08. The van der Waals surface area contributed by atoms with Crippen LogP contribution in [-0.4, -0.2) is 29.1 Å². The smallest absolute Gasteiger partial charge is 0.241 e. The number of nitrogens with one attached hydrogen (secondary N) is 1. The molecule has 0 amide bonds. The molecule has 0 unspecified atom stereocenters. The standard InChI is InChI=1S/C17H18N2O2S/c1-19(2)16-12-10-15(11-13-16)7-6-14-18-22(20,21)17-8-4-3-5-9-17/h3-5,8-13,18H,14H2,1-2H3. The van der Waals surface area contributed by atoms with Crippen molar-refractivity contribution >= 4 is 15.7 Å². The molecule has 0 fully saturated rings. The maximum atomic E-state index is 12.0. The van der Waals surface area contributed by atoms with Crippen LogP contribution in [0.25, 0.3) is 0 Å². The zero-order valence-corrected chi connectivity index (χ0v) is 13.4. The summed E-state index contributed by atoms with van der Waals surface area (Å²) in [5.74, 6) is 5.76. The fourth-order valence-electron chi connectivity index (χ4n) is 1.80. The average molecular weight is 314 g/mol. The maximum absolute atomic E-state index is 12.0. The first-order valence-electron chi connectivity index (χ1n) is 6.80. The van der Waals surface area contributed by atoms with E-state index in [0.717, 1.165) is 11.3 Å². The molecule has 0 bridgehead atoms. The van der Waals surface area contributed by atoms with Gasteiger partial charge >= 0.3 is 0 Å². The van der Waals surface area contributed by atoms with E-state index in [2.05, 4.69) is 16.6 Å². The van der Waals surface area contributed by atoms with Crippen LogP contribution in [0.3, 0.4) is 0 Å². The number of anilines is 1. The van der Waals surface area contributed by atoms with Gasteiger partial charge < -0.3 is 4.90 Å². The third kappa shape index (κ3) is 4.35. The van der Waals surface area contributed by atoms with Crippen LogP contribution in [0.5, 0.6) is 0 Å². The van der Waals surface area contributed by atoms with Crippen LogP contribution in [0.2, 0.25) is 0 Å². The van der Waals surface area contributed by atoms with Gasteiger partial charge in [0.05, 0.1) is 11.4 Å². The first kappa shape index (κ1) is 16.1. The lowest BCUT2D eigenvalue weighted by Crippen LogP contribution is -2.23. The molecule has 0 saturated carbocycles. The van der Waals surface area contributed by atoms with E-state index in [4.69, 9.17) is 0 Å². The molecule has 1 N–H and O–H groups in total. The Morgan fingerprint density at radius 1 is 1.00 bits per heavy atom. The van der Waals surface area contributed by atoms with Crippen molar-refractivity contribution in [3.63, 3.8) is 0 Å². The topological polar surface area (TPSA) is 49.4 Å². The number of hydrogen-bond acceptors (Lipinski definition) is 3. The van der Waals surface area contributed by atoms with Crippen molar-refractivity contribution in [3.05, 3.63) is 60.2 Å². The Bertz CT molecular complexity index is 771. The molecular formula is C17H18N2O2S. The number of rotatable bonds is 4. The minimum Gasteiger partial charge on any atom is -0.378 e. The summed E-state index contributed by atoms with van der Waals surface area (Å²) in [4.78, 5) is 2.25. The summed E-state index contributed by atoms with van der Waals surface area (Å²) in [6.45, 7) is 0.0761. The second-order valence-corrected chi connectivity index (χ2v) is 6.65. The highest BCUT2D eigenvalue weighted by Gasteiger charge is 2.10. The van der Waals surface area contributed by atoms with Gasteiger partial charge in [-0.15, -0.1) is 0 Å². The molecule has 0 aliphatic carbocycles. The Balaban J connectivity index is 1.97. The van der Waals surface area contributed by atoms with E-state index < -0.39 is 10.0 Å². The number of hydrogen-bond donors (Lipinski definition) is 1. The summed E-state index contributed by atoms with van der Waals surface area (Å²) in [5, 5.41) is 0. The van der Waals surface area contributed by atoms with E-state index in [1.807, 2.05) is 43.3 Å². The average Bonchev–Trinajstić information content (AvgIpc) is 2.53. The van der Waals surface area contributed by atoms with Gasteiger partial charge in [0.25, 0.3) is 0 Å². The van der Waals surface area contributed by atoms with Gasteiger partial charge in [-0.05, 0) is 36.4 Å². The molecule has 0 aliphatic heterocycles. The Morgan fingerprint density at radius 3 is 2.23 bits per heavy atom. The van der Waals surface area contributed by atoms with Crippen molar-refractivity contribution in [1.82, 2.24) is 4.72 Å². The van der Waals surface area contributed by atoms with Crippen LogP contribution in [0.15, 0.2) is 59.5 Å². The van der Waals surface area contributed by atoms with Gasteiger partial charge in [-0.1, -0.05) is 30.0 Å². The van der Waals surface area contributed by atoms with Crippen molar-refractivity contribution in [2.24, 2.45) is 0 Å². The van der Waals surface area contributed by atoms with Crippen molar-refractivity contribution in [3.8, 4) is 11.8 Å². The fourth-order valence-corrected chi connectivity index (χ4v) is 2.75. The molecule has 0 aliphatic rings. The zero-order chi connectivity index (χ0) is 16.0. The van der Waals surface area contributed by atoms with Gasteiger partial charge in [0.2, 0.25) is 10.0 Å². The third-order valence-electron chi connectivity index (χ3n) is 3.02. The summed E-state index contributed by atoms with van der Waals surface area (Å²) in [6, 6.07) is 16.0. The molecular weight excluding hydrogens is 296 g/mol. The van der Waals surface area contributed by atoms with Crippen molar-refractivity contribution < 1.29 is 8.42 Å². The highest BCUT2D eigenvalue weighted by Crippen LogP contribution is 2.11. The SMILES string of the molecule is CN(C)c1ccc(C#CCNS(=O)(=O)c2ccccc2)cc1. The summed E-state index contributed by atoms with van der Waals surface area (Å²) in [6.07, 6.45) is 0. The Hall–Kier alpha value is -2.29. The van der Waals surface area contributed by atoms with Gasteiger partial charge in [0.15, 0.2) is 0 Å². The number of sulfonamides is 1. The van der Waals surface area contributed by atoms with E-state index in [9.17, 15) is 8.42 Å². The van der Waals surface area contributed by atoms with E-state index in [1.54, 1.807) is 30.3 Å². The predicted molar refractivity (Wildman–Crippen MR) is 89.3 cm³/mol. The van der Waals surface area contributed by atoms with E-state index in [1.165, 1.54) is 0 Å². The Morgan fingerprint density at radius 2 is 1.64 bits per heavy atom. The largest absolute Gasteiger partial charge is 0.378 e. The summed E-state index contributed by atoms with van der Waals surface area (Å²) >= 11 is 0. The molecule has 114 valence electrons. The van der Waals surface area contributed by atoms with E-state index in [0.29, 0.717) is 0 Å². The molecule has 2 aromatic rings. The second kappa shape index (κ2) is 7.12. The van der Waals surface area contributed by atoms with E-state index in [-0.39, 0.29) is 11.4 Å². The molecule has 5 heteroatoms. The molecule has 2 aromatic carbocycles. The quantitative estimate of drug-likeness (QED) is 0.879. The molecule has 0 aromatic heterocycles. The number of nitrogens with zero attached hydrogens (tertiary/aromatic N) is 1. The van der Waals surface area contributed by atoms with Crippen LogP contribution in [0.4, 0.5) is 5.69 Å². The van der Waals surface area contributed by atoms with Gasteiger partial charge in [0.1, 0.15) is 0 Å². The second-order valence-electron chi connectivity index (χ2n) is 4.88. The van der Waals surface area contributed by atoms with Gasteiger partial charge in [-0.2, -0.15) is 4.72 Å². The fraction of sp³-hybridized carbons (Fsp3) is 0.176. The molecule has 22 heavy (non-hydrogen) atoms. The van der Waals surface area contributed by atoms with Crippen LogP contribution in [0.1, 0.15) is 5.56 Å². The molecule has 0 spiro atoms. The minimum atomic E-state index is -3.49.